The number of aromatic hydroxyl groups is 1. The minimum absolute atomic E-state index is 0.0714. The summed E-state index contributed by atoms with van der Waals surface area (Å²) in [5.74, 6) is -0.502. The maximum Gasteiger partial charge on any atom is 0.254 e. The van der Waals surface area contributed by atoms with Crippen molar-refractivity contribution in [3.05, 3.63) is 57.3 Å². The van der Waals surface area contributed by atoms with Gasteiger partial charge in [0.15, 0.2) is 11.5 Å². The number of carbonyl (C=O) groups is 1. The molecule has 1 saturated heterocycles. The monoisotopic (exact) mass is 426 g/mol. The second-order valence-electron chi connectivity index (χ2n) is 6.51. The molecule has 28 heavy (non-hydrogen) atoms. The third-order valence-electron chi connectivity index (χ3n) is 4.68. The van der Waals surface area contributed by atoms with Gasteiger partial charge in [0.1, 0.15) is 5.82 Å². The highest BCUT2D eigenvalue weighted by Crippen LogP contribution is 2.35. The first kappa shape index (κ1) is 20.7. The van der Waals surface area contributed by atoms with Crippen molar-refractivity contribution >= 4 is 29.1 Å². The number of phenolic OH excluding ortho intramolecular Hbond substituents is 1. The minimum Gasteiger partial charge on any atom is -0.503 e. The summed E-state index contributed by atoms with van der Waals surface area (Å²) >= 11 is 12.1. The van der Waals surface area contributed by atoms with E-state index in [2.05, 4.69) is 4.90 Å². The molecule has 1 aliphatic heterocycles. The second-order valence-corrected chi connectivity index (χ2v) is 7.32. The highest BCUT2D eigenvalue weighted by atomic mass is 35.5. The molecule has 0 atom stereocenters. The Bertz CT molecular complexity index is 851. The number of hydrogen-bond donors (Lipinski definition) is 1. The van der Waals surface area contributed by atoms with E-state index in [-0.39, 0.29) is 28.2 Å². The molecular weight excluding hydrogens is 406 g/mol. The smallest absolute Gasteiger partial charge is 0.254 e. The number of carbonyl (C=O) groups excluding carboxylic acids is 1. The van der Waals surface area contributed by atoms with Gasteiger partial charge in [-0.2, -0.15) is 0 Å². The van der Waals surface area contributed by atoms with Crippen molar-refractivity contribution in [2.24, 2.45) is 0 Å². The molecule has 150 valence electrons. The van der Waals surface area contributed by atoms with Crippen molar-refractivity contribution in [3.8, 4) is 11.5 Å². The van der Waals surface area contributed by atoms with Gasteiger partial charge in [0.2, 0.25) is 0 Å². The third kappa shape index (κ3) is 4.51. The van der Waals surface area contributed by atoms with Crippen LogP contribution in [0.4, 0.5) is 4.39 Å². The van der Waals surface area contributed by atoms with Gasteiger partial charge in [0.25, 0.3) is 5.91 Å². The summed E-state index contributed by atoms with van der Waals surface area (Å²) in [6.07, 6.45) is 0. The first-order valence-corrected chi connectivity index (χ1v) is 9.76. The van der Waals surface area contributed by atoms with Gasteiger partial charge in [-0.1, -0.05) is 29.3 Å². The van der Waals surface area contributed by atoms with Crippen LogP contribution >= 0.6 is 23.2 Å². The van der Waals surface area contributed by atoms with Gasteiger partial charge in [-0.25, -0.2) is 4.39 Å². The molecule has 0 saturated carbocycles. The number of phenols is 1. The number of nitrogens with zero attached hydrogens (tertiary/aromatic N) is 2. The molecule has 8 heteroatoms. The number of piperazine rings is 1. The Kier molecular flexibility index (Phi) is 6.65. The highest BCUT2D eigenvalue weighted by Gasteiger charge is 2.25. The average molecular weight is 427 g/mol. The minimum atomic E-state index is -0.326. The quantitative estimate of drug-likeness (QED) is 0.778. The van der Waals surface area contributed by atoms with Gasteiger partial charge in [0, 0.05) is 48.9 Å². The van der Waals surface area contributed by atoms with E-state index in [1.165, 1.54) is 18.2 Å². The zero-order valence-corrected chi connectivity index (χ0v) is 16.9. The summed E-state index contributed by atoms with van der Waals surface area (Å²) in [7, 11) is 0. The highest BCUT2D eigenvalue weighted by molar-refractivity contribution is 6.32. The SMILES string of the molecule is CCOc1cc(C(=O)N2CCN(Cc3c(F)cccc3Cl)CC2)cc(Cl)c1O. The van der Waals surface area contributed by atoms with Crippen LogP contribution in [0, 0.1) is 5.82 Å². The van der Waals surface area contributed by atoms with Crippen LogP contribution in [0.3, 0.4) is 0 Å². The molecule has 0 radical (unpaired) electrons. The van der Waals surface area contributed by atoms with Crippen LogP contribution in [-0.4, -0.2) is 53.6 Å². The fraction of sp³-hybridized carbons (Fsp3) is 0.350. The van der Waals surface area contributed by atoms with Gasteiger partial charge < -0.3 is 14.7 Å². The summed E-state index contributed by atoms with van der Waals surface area (Å²) in [6, 6.07) is 7.58. The summed E-state index contributed by atoms with van der Waals surface area (Å²) in [5, 5.41) is 10.4. The Morgan fingerprint density at radius 1 is 1.18 bits per heavy atom. The second kappa shape index (κ2) is 8.99. The Morgan fingerprint density at radius 2 is 1.89 bits per heavy atom. The summed E-state index contributed by atoms with van der Waals surface area (Å²) < 4.78 is 19.3. The van der Waals surface area contributed by atoms with Crippen LogP contribution in [-0.2, 0) is 6.54 Å². The van der Waals surface area contributed by atoms with E-state index < -0.39 is 0 Å². The lowest BCUT2D eigenvalue weighted by molar-refractivity contribution is 0.0626. The number of halogens is 3. The van der Waals surface area contributed by atoms with Crippen molar-refractivity contribution in [1.82, 2.24) is 9.80 Å². The lowest BCUT2D eigenvalue weighted by Gasteiger charge is -2.35. The Labute approximate surface area is 173 Å². The van der Waals surface area contributed by atoms with Crippen molar-refractivity contribution in [3.63, 3.8) is 0 Å². The molecule has 1 N–H and O–H groups in total. The molecule has 5 nitrogen and oxygen atoms in total. The lowest BCUT2D eigenvalue weighted by Crippen LogP contribution is -2.48. The molecule has 1 fully saturated rings. The van der Waals surface area contributed by atoms with Crippen LogP contribution < -0.4 is 4.74 Å². The lowest BCUT2D eigenvalue weighted by atomic mass is 10.1. The van der Waals surface area contributed by atoms with Crippen LogP contribution in [0.5, 0.6) is 11.5 Å². The summed E-state index contributed by atoms with van der Waals surface area (Å²) in [6.45, 7) is 4.70. The fourth-order valence-electron chi connectivity index (χ4n) is 3.16. The Hall–Kier alpha value is -2.02. The van der Waals surface area contributed by atoms with Crippen molar-refractivity contribution in [1.29, 1.82) is 0 Å². The molecule has 3 rings (SSSR count). The molecule has 0 aromatic heterocycles. The summed E-state index contributed by atoms with van der Waals surface area (Å²) in [4.78, 5) is 16.6. The first-order chi connectivity index (χ1) is 13.4. The number of amides is 1. The van der Waals surface area contributed by atoms with E-state index in [1.807, 2.05) is 0 Å². The van der Waals surface area contributed by atoms with Gasteiger partial charge in [0.05, 0.1) is 11.6 Å². The normalized spacial score (nSPS) is 14.9. The molecule has 0 bridgehead atoms. The molecule has 2 aromatic carbocycles. The fourth-order valence-corrected chi connectivity index (χ4v) is 3.59. The maximum absolute atomic E-state index is 14.0. The van der Waals surface area contributed by atoms with E-state index in [0.29, 0.717) is 55.5 Å². The maximum atomic E-state index is 14.0. The van der Waals surface area contributed by atoms with Crippen LogP contribution in [0.25, 0.3) is 0 Å². The Morgan fingerprint density at radius 3 is 2.54 bits per heavy atom. The Balaban J connectivity index is 1.66. The topological polar surface area (TPSA) is 53.0 Å². The zero-order chi connectivity index (χ0) is 20.3. The van der Waals surface area contributed by atoms with Crippen LogP contribution in [0.15, 0.2) is 30.3 Å². The zero-order valence-electron chi connectivity index (χ0n) is 15.4. The van der Waals surface area contributed by atoms with Crippen molar-refractivity contribution in [2.45, 2.75) is 13.5 Å². The van der Waals surface area contributed by atoms with E-state index in [0.717, 1.165) is 0 Å². The molecule has 1 heterocycles. The predicted octanol–water partition coefficient (Wildman–Crippen LogP) is 4.19. The summed E-state index contributed by atoms with van der Waals surface area (Å²) in [5.41, 5.74) is 0.826. The predicted molar refractivity (Wildman–Crippen MR) is 107 cm³/mol. The van der Waals surface area contributed by atoms with Crippen molar-refractivity contribution < 1.29 is 19.0 Å². The number of benzene rings is 2. The van der Waals surface area contributed by atoms with Crippen molar-refractivity contribution in [2.75, 3.05) is 32.8 Å². The number of rotatable bonds is 5. The largest absolute Gasteiger partial charge is 0.503 e. The first-order valence-electron chi connectivity index (χ1n) is 9.00. The molecule has 0 unspecified atom stereocenters. The van der Waals surface area contributed by atoms with E-state index in [4.69, 9.17) is 27.9 Å². The molecule has 2 aromatic rings. The molecule has 1 aliphatic rings. The van der Waals surface area contributed by atoms with E-state index in [9.17, 15) is 14.3 Å². The van der Waals surface area contributed by atoms with E-state index >= 15 is 0 Å². The van der Waals surface area contributed by atoms with Gasteiger partial charge in [-0.15, -0.1) is 0 Å². The standard InChI is InChI=1S/C20H21Cl2FN2O3/c1-2-28-18-11-13(10-16(22)19(18)26)20(27)25-8-6-24(7-9-25)12-14-15(21)4-3-5-17(14)23/h3-5,10-11,26H,2,6-9,12H2,1H3. The van der Waals surface area contributed by atoms with Gasteiger partial charge >= 0.3 is 0 Å². The third-order valence-corrected chi connectivity index (χ3v) is 5.32. The number of ether oxygens (including phenoxy) is 1. The van der Waals surface area contributed by atoms with Gasteiger partial charge in [-0.3, -0.25) is 9.69 Å². The van der Waals surface area contributed by atoms with E-state index in [1.54, 1.807) is 24.0 Å². The average Bonchev–Trinajstić information content (AvgIpc) is 2.68. The molecule has 0 spiro atoms. The molecule has 1 amide bonds. The molecule has 0 aliphatic carbocycles. The molecular formula is C20H21Cl2FN2O3. The number of hydrogen-bond acceptors (Lipinski definition) is 4. The van der Waals surface area contributed by atoms with Crippen LogP contribution in [0.1, 0.15) is 22.8 Å². The van der Waals surface area contributed by atoms with Gasteiger partial charge in [-0.05, 0) is 31.2 Å². The van der Waals surface area contributed by atoms with Crippen LogP contribution in [0.2, 0.25) is 10.0 Å².